The molecular formula is C37H23NO. The number of hydrogen-bond donors (Lipinski definition) is 0. The largest absolute Gasteiger partial charge is 0.455 e. The van der Waals surface area contributed by atoms with Gasteiger partial charge in [0, 0.05) is 33.9 Å². The molecule has 0 saturated carbocycles. The van der Waals surface area contributed by atoms with Crippen LogP contribution in [0.15, 0.2) is 140 Å². The van der Waals surface area contributed by atoms with Crippen molar-refractivity contribution in [3.63, 3.8) is 0 Å². The maximum absolute atomic E-state index is 6.84. The Morgan fingerprint density at radius 1 is 0.436 bits per heavy atom. The van der Waals surface area contributed by atoms with Gasteiger partial charge >= 0.3 is 0 Å². The van der Waals surface area contributed by atoms with E-state index in [2.05, 4.69) is 132 Å². The second kappa shape index (κ2) is 8.68. The van der Waals surface area contributed by atoms with Crippen LogP contribution < -0.4 is 4.74 Å². The van der Waals surface area contributed by atoms with E-state index in [0.717, 1.165) is 43.8 Å². The van der Waals surface area contributed by atoms with Gasteiger partial charge in [0.2, 0.25) is 0 Å². The first kappa shape index (κ1) is 21.8. The molecule has 39 heavy (non-hydrogen) atoms. The Morgan fingerprint density at radius 2 is 1.05 bits per heavy atom. The Bertz CT molecular complexity index is 2150. The molecule has 0 aliphatic heterocycles. The third-order valence-electron chi connectivity index (χ3n) is 7.78. The van der Waals surface area contributed by atoms with Gasteiger partial charge in [-0.15, -0.1) is 0 Å². The minimum absolute atomic E-state index is 0.847. The highest BCUT2D eigenvalue weighted by Crippen LogP contribution is 2.47. The summed E-state index contributed by atoms with van der Waals surface area (Å²) in [5.41, 5.74) is 2.39. The second-order valence-electron chi connectivity index (χ2n) is 9.94. The Balaban J connectivity index is 1.49. The van der Waals surface area contributed by atoms with E-state index in [4.69, 9.17) is 4.74 Å². The maximum Gasteiger partial charge on any atom is 0.143 e. The molecule has 0 fully saturated rings. The fourth-order valence-corrected chi connectivity index (χ4v) is 6.04. The predicted octanol–water partition coefficient (Wildman–Crippen LogP) is 10.3. The van der Waals surface area contributed by atoms with Crippen LogP contribution in [-0.2, 0) is 0 Å². The molecule has 0 atom stereocenters. The fraction of sp³-hybridized carbons (Fsp3) is 0. The fourth-order valence-electron chi connectivity index (χ4n) is 6.04. The summed E-state index contributed by atoms with van der Waals surface area (Å²) in [5, 5.41) is 11.6. The molecule has 1 heterocycles. The molecule has 0 aliphatic rings. The zero-order chi connectivity index (χ0) is 25.8. The van der Waals surface area contributed by atoms with Crippen LogP contribution in [0.2, 0.25) is 0 Å². The molecule has 182 valence electrons. The average molecular weight is 498 g/mol. The lowest BCUT2D eigenvalue weighted by Gasteiger charge is -2.19. The molecule has 0 aliphatic carbocycles. The second-order valence-corrected chi connectivity index (χ2v) is 9.94. The van der Waals surface area contributed by atoms with Crippen molar-refractivity contribution in [3.8, 4) is 22.6 Å². The normalized spacial score (nSPS) is 11.6. The van der Waals surface area contributed by atoms with Crippen LogP contribution >= 0.6 is 0 Å². The SMILES string of the molecule is c1ccc2c(Oc3c4ccccc4c(-c4cc5ccccc5c5ccccc45)c4cnccc34)cccc2c1. The van der Waals surface area contributed by atoms with Crippen molar-refractivity contribution in [2.45, 2.75) is 0 Å². The highest BCUT2D eigenvalue weighted by molar-refractivity contribution is 6.23. The van der Waals surface area contributed by atoms with Gasteiger partial charge in [0.15, 0.2) is 0 Å². The Kier molecular flexibility index (Phi) is 4.86. The van der Waals surface area contributed by atoms with Gasteiger partial charge < -0.3 is 4.74 Å². The van der Waals surface area contributed by atoms with Crippen LogP contribution in [0.5, 0.6) is 11.5 Å². The maximum atomic E-state index is 6.84. The lowest BCUT2D eigenvalue weighted by molar-refractivity contribution is 0.499. The highest BCUT2D eigenvalue weighted by Gasteiger charge is 2.19. The van der Waals surface area contributed by atoms with E-state index in [1.54, 1.807) is 0 Å². The van der Waals surface area contributed by atoms with E-state index in [9.17, 15) is 0 Å². The van der Waals surface area contributed by atoms with Gasteiger partial charge in [-0.2, -0.15) is 0 Å². The number of pyridine rings is 1. The smallest absolute Gasteiger partial charge is 0.143 e. The highest BCUT2D eigenvalue weighted by atomic mass is 16.5. The van der Waals surface area contributed by atoms with E-state index < -0.39 is 0 Å². The number of hydrogen-bond acceptors (Lipinski definition) is 2. The minimum atomic E-state index is 0.847. The van der Waals surface area contributed by atoms with Crippen molar-refractivity contribution < 1.29 is 4.74 Å². The summed E-state index contributed by atoms with van der Waals surface area (Å²) in [7, 11) is 0. The van der Waals surface area contributed by atoms with Crippen molar-refractivity contribution in [2.24, 2.45) is 0 Å². The van der Waals surface area contributed by atoms with Crippen molar-refractivity contribution >= 4 is 53.9 Å². The standard InChI is InChI=1S/C37H23NO/c1-4-14-27-24(10-1)12-9-19-35(27)39-37-31-18-8-7-17-30(31)36(34-23-38-21-20-32(34)37)33-22-25-11-2-3-13-26(25)28-15-5-6-16-29(28)33/h1-23H. The summed E-state index contributed by atoms with van der Waals surface area (Å²) >= 11 is 0. The minimum Gasteiger partial charge on any atom is -0.455 e. The molecule has 1 aromatic heterocycles. The van der Waals surface area contributed by atoms with Gasteiger partial charge in [0.05, 0.1) is 0 Å². The van der Waals surface area contributed by atoms with Gasteiger partial charge in [-0.1, -0.05) is 109 Å². The van der Waals surface area contributed by atoms with Crippen molar-refractivity contribution in [3.05, 3.63) is 140 Å². The molecule has 0 N–H and O–H groups in total. The van der Waals surface area contributed by atoms with Gasteiger partial charge in [0.25, 0.3) is 0 Å². The molecule has 0 bridgehead atoms. The number of ether oxygens (including phenoxy) is 1. The molecule has 0 unspecified atom stereocenters. The van der Waals surface area contributed by atoms with Crippen LogP contribution in [0, 0.1) is 0 Å². The molecule has 0 radical (unpaired) electrons. The third-order valence-corrected chi connectivity index (χ3v) is 7.78. The van der Waals surface area contributed by atoms with Crippen LogP contribution in [0.4, 0.5) is 0 Å². The summed E-state index contributed by atoms with van der Waals surface area (Å²) in [6, 6.07) is 44.9. The van der Waals surface area contributed by atoms with Gasteiger partial charge in [-0.25, -0.2) is 0 Å². The van der Waals surface area contributed by atoms with E-state index in [1.165, 1.54) is 32.7 Å². The van der Waals surface area contributed by atoms with Gasteiger partial charge in [0.1, 0.15) is 11.5 Å². The zero-order valence-corrected chi connectivity index (χ0v) is 21.1. The number of aromatic nitrogens is 1. The lowest BCUT2D eigenvalue weighted by atomic mass is 9.87. The first-order chi connectivity index (χ1) is 19.4. The first-order valence-corrected chi connectivity index (χ1v) is 13.2. The molecule has 8 rings (SSSR count). The molecular weight excluding hydrogens is 474 g/mol. The number of nitrogens with zero attached hydrogens (tertiary/aromatic N) is 1. The molecule has 2 nitrogen and oxygen atoms in total. The van der Waals surface area contributed by atoms with Gasteiger partial charge in [-0.05, 0) is 61.6 Å². The van der Waals surface area contributed by atoms with Crippen LogP contribution in [-0.4, -0.2) is 4.98 Å². The Labute approximate surface area is 225 Å². The Hall–Kier alpha value is -5.21. The summed E-state index contributed by atoms with van der Waals surface area (Å²) in [4.78, 5) is 4.59. The van der Waals surface area contributed by atoms with E-state index in [1.807, 2.05) is 12.4 Å². The number of benzene rings is 7. The van der Waals surface area contributed by atoms with Crippen LogP contribution in [0.25, 0.3) is 65.0 Å². The van der Waals surface area contributed by atoms with Crippen LogP contribution in [0.3, 0.4) is 0 Å². The van der Waals surface area contributed by atoms with Crippen molar-refractivity contribution in [2.75, 3.05) is 0 Å². The van der Waals surface area contributed by atoms with E-state index in [-0.39, 0.29) is 0 Å². The quantitative estimate of drug-likeness (QED) is 0.179. The summed E-state index contributed by atoms with van der Waals surface area (Å²) in [5.74, 6) is 1.70. The topological polar surface area (TPSA) is 22.1 Å². The number of rotatable bonds is 3. The molecule has 0 saturated heterocycles. The summed E-state index contributed by atoms with van der Waals surface area (Å²) in [6.45, 7) is 0. The molecule has 8 aromatic rings. The molecule has 7 aromatic carbocycles. The number of fused-ring (bicyclic) bond motifs is 6. The summed E-state index contributed by atoms with van der Waals surface area (Å²) < 4.78 is 6.84. The van der Waals surface area contributed by atoms with Gasteiger partial charge in [-0.3, -0.25) is 4.98 Å². The third kappa shape index (κ3) is 3.39. The summed E-state index contributed by atoms with van der Waals surface area (Å²) in [6.07, 6.45) is 3.84. The first-order valence-electron chi connectivity index (χ1n) is 13.2. The van der Waals surface area contributed by atoms with E-state index >= 15 is 0 Å². The Morgan fingerprint density at radius 3 is 1.90 bits per heavy atom. The van der Waals surface area contributed by atoms with Crippen molar-refractivity contribution in [1.29, 1.82) is 0 Å². The average Bonchev–Trinajstić information content (AvgIpc) is 3.01. The molecule has 0 amide bonds. The van der Waals surface area contributed by atoms with E-state index in [0.29, 0.717) is 0 Å². The molecule has 0 spiro atoms. The monoisotopic (exact) mass is 497 g/mol. The van der Waals surface area contributed by atoms with Crippen molar-refractivity contribution in [1.82, 2.24) is 4.98 Å². The zero-order valence-electron chi connectivity index (χ0n) is 21.1. The molecule has 2 heteroatoms. The predicted molar refractivity (Wildman–Crippen MR) is 164 cm³/mol. The lowest BCUT2D eigenvalue weighted by Crippen LogP contribution is -1.94. The van der Waals surface area contributed by atoms with Crippen LogP contribution in [0.1, 0.15) is 0 Å².